The van der Waals surface area contributed by atoms with Gasteiger partial charge in [0.2, 0.25) is 0 Å². The molecule has 0 fully saturated rings. The number of carbonyl (C=O) groups excluding carboxylic acids is 2. The molecule has 4 nitrogen and oxygen atoms in total. The first-order valence-electron chi connectivity index (χ1n) is 6.80. The number of amides is 1. The predicted molar refractivity (Wildman–Crippen MR) is 80.1 cm³/mol. The molecule has 0 heterocycles. The third-order valence-electron chi connectivity index (χ3n) is 3.26. The van der Waals surface area contributed by atoms with Crippen molar-refractivity contribution in [3.05, 3.63) is 71.0 Å². The Morgan fingerprint density at radius 1 is 1.05 bits per heavy atom. The lowest BCUT2D eigenvalue weighted by atomic mass is 10.1. The Bertz CT molecular complexity index is 665. The highest BCUT2D eigenvalue weighted by Gasteiger charge is 2.11. The van der Waals surface area contributed by atoms with Crippen LogP contribution in [0.5, 0.6) is 0 Å². The molecule has 2 N–H and O–H groups in total. The van der Waals surface area contributed by atoms with Crippen LogP contribution in [-0.2, 0) is 0 Å². The molecule has 0 radical (unpaired) electrons. The monoisotopic (exact) mass is 301 g/mol. The van der Waals surface area contributed by atoms with Crippen LogP contribution in [0.15, 0.2) is 48.5 Å². The second-order valence-corrected chi connectivity index (χ2v) is 4.91. The molecule has 114 valence electrons. The first-order valence-corrected chi connectivity index (χ1v) is 6.80. The summed E-state index contributed by atoms with van der Waals surface area (Å²) in [7, 11) is 0. The van der Waals surface area contributed by atoms with Crippen LogP contribution in [0.2, 0.25) is 0 Å². The summed E-state index contributed by atoms with van der Waals surface area (Å²) >= 11 is 0. The molecule has 2 aromatic carbocycles. The zero-order valence-corrected chi connectivity index (χ0v) is 12.0. The molecule has 0 aromatic heterocycles. The van der Waals surface area contributed by atoms with Crippen LogP contribution in [0, 0.1) is 5.82 Å². The minimum atomic E-state index is -0.916. The Hall–Kier alpha value is -2.53. The van der Waals surface area contributed by atoms with Crippen molar-refractivity contribution >= 4 is 11.7 Å². The van der Waals surface area contributed by atoms with E-state index in [0.717, 1.165) is 0 Å². The number of benzene rings is 2. The maximum Gasteiger partial charge on any atom is 0.251 e. The van der Waals surface area contributed by atoms with E-state index in [1.807, 2.05) is 0 Å². The SMILES string of the molecule is CC(=O)c1ccc(C(=O)NCC(O)c2ccc(F)cc2)cc1. The topological polar surface area (TPSA) is 66.4 Å². The van der Waals surface area contributed by atoms with Crippen molar-refractivity contribution in [1.29, 1.82) is 0 Å². The number of rotatable bonds is 5. The third kappa shape index (κ3) is 3.99. The van der Waals surface area contributed by atoms with Gasteiger partial charge in [-0.1, -0.05) is 24.3 Å². The van der Waals surface area contributed by atoms with Crippen LogP contribution in [0.4, 0.5) is 4.39 Å². The molecular formula is C17H16FNO3. The Morgan fingerprint density at radius 3 is 2.14 bits per heavy atom. The van der Waals surface area contributed by atoms with E-state index in [-0.39, 0.29) is 24.1 Å². The van der Waals surface area contributed by atoms with E-state index in [2.05, 4.69) is 5.32 Å². The minimum absolute atomic E-state index is 0.0128. The molecule has 2 rings (SSSR count). The molecule has 1 amide bonds. The molecule has 5 heteroatoms. The Balaban J connectivity index is 1.94. The number of hydrogen-bond donors (Lipinski definition) is 2. The number of halogens is 1. The molecule has 0 aliphatic heterocycles. The van der Waals surface area contributed by atoms with Gasteiger partial charge in [-0.2, -0.15) is 0 Å². The average molecular weight is 301 g/mol. The average Bonchev–Trinajstić information content (AvgIpc) is 2.53. The predicted octanol–water partition coefficient (Wildman–Crippen LogP) is 2.49. The highest BCUT2D eigenvalue weighted by molar-refractivity contribution is 5.97. The van der Waals surface area contributed by atoms with Crippen molar-refractivity contribution < 1.29 is 19.1 Å². The van der Waals surface area contributed by atoms with Crippen molar-refractivity contribution in [2.45, 2.75) is 13.0 Å². The molecular weight excluding hydrogens is 285 g/mol. The Morgan fingerprint density at radius 2 is 1.59 bits per heavy atom. The van der Waals surface area contributed by atoms with Crippen LogP contribution in [0.25, 0.3) is 0 Å². The van der Waals surface area contributed by atoms with Crippen LogP contribution >= 0.6 is 0 Å². The normalized spacial score (nSPS) is 11.8. The molecule has 0 saturated heterocycles. The molecule has 0 spiro atoms. The number of hydrogen-bond acceptors (Lipinski definition) is 3. The van der Waals surface area contributed by atoms with Crippen LogP contribution in [-0.4, -0.2) is 23.3 Å². The smallest absolute Gasteiger partial charge is 0.251 e. The number of carbonyl (C=O) groups is 2. The molecule has 1 unspecified atom stereocenters. The van der Waals surface area contributed by atoms with Gasteiger partial charge in [-0.25, -0.2) is 4.39 Å². The molecule has 1 atom stereocenters. The molecule has 22 heavy (non-hydrogen) atoms. The number of Topliss-reactive ketones (excluding diaryl/α,β-unsaturated/α-hetero) is 1. The lowest BCUT2D eigenvalue weighted by molar-refractivity contribution is 0.0915. The maximum absolute atomic E-state index is 12.8. The number of aliphatic hydroxyl groups is 1. The standard InChI is InChI=1S/C17H16FNO3/c1-11(20)12-2-4-14(5-3-12)17(22)19-10-16(21)13-6-8-15(18)9-7-13/h2-9,16,21H,10H2,1H3,(H,19,22). The van der Waals surface area contributed by atoms with Crippen LogP contribution in [0.3, 0.4) is 0 Å². The van der Waals surface area contributed by atoms with Crippen LogP contribution in [0.1, 0.15) is 39.3 Å². The van der Waals surface area contributed by atoms with Crippen LogP contribution < -0.4 is 5.32 Å². The lowest BCUT2D eigenvalue weighted by Crippen LogP contribution is -2.28. The van der Waals surface area contributed by atoms with E-state index in [4.69, 9.17) is 0 Å². The maximum atomic E-state index is 12.8. The van der Waals surface area contributed by atoms with Crippen molar-refractivity contribution in [2.24, 2.45) is 0 Å². The van der Waals surface area contributed by atoms with E-state index < -0.39 is 6.10 Å². The zero-order chi connectivity index (χ0) is 16.1. The molecule has 0 aliphatic carbocycles. The number of nitrogens with one attached hydrogen (secondary N) is 1. The van der Waals surface area contributed by atoms with Gasteiger partial charge in [-0.05, 0) is 36.8 Å². The fraction of sp³-hybridized carbons (Fsp3) is 0.176. The van der Waals surface area contributed by atoms with E-state index in [1.54, 1.807) is 24.3 Å². The van der Waals surface area contributed by atoms with Crippen molar-refractivity contribution in [3.8, 4) is 0 Å². The van der Waals surface area contributed by atoms with E-state index >= 15 is 0 Å². The summed E-state index contributed by atoms with van der Waals surface area (Å²) in [5.74, 6) is -0.805. The molecule has 0 saturated carbocycles. The van der Waals surface area contributed by atoms with Gasteiger partial charge < -0.3 is 10.4 Å². The molecule has 0 aliphatic rings. The summed E-state index contributed by atoms with van der Waals surface area (Å²) < 4.78 is 12.8. The van der Waals surface area contributed by atoms with Crippen molar-refractivity contribution in [3.63, 3.8) is 0 Å². The van der Waals surface area contributed by atoms with Gasteiger partial charge in [0.1, 0.15) is 5.82 Å². The van der Waals surface area contributed by atoms with Gasteiger partial charge in [0.25, 0.3) is 5.91 Å². The summed E-state index contributed by atoms with van der Waals surface area (Å²) in [6.45, 7) is 1.47. The number of aliphatic hydroxyl groups excluding tert-OH is 1. The van der Waals surface area contributed by atoms with Gasteiger partial charge in [-0.3, -0.25) is 9.59 Å². The Kier molecular flexibility index (Phi) is 5.01. The van der Waals surface area contributed by atoms with Gasteiger partial charge >= 0.3 is 0 Å². The zero-order valence-electron chi connectivity index (χ0n) is 12.0. The fourth-order valence-electron chi connectivity index (χ4n) is 1.95. The summed E-state index contributed by atoms with van der Waals surface area (Å²) in [5.41, 5.74) is 1.45. The summed E-state index contributed by atoms with van der Waals surface area (Å²) in [4.78, 5) is 23.1. The van der Waals surface area contributed by atoms with E-state index in [9.17, 15) is 19.1 Å². The molecule has 2 aromatic rings. The fourth-order valence-corrected chi connectivity index (χ4v) is 1.95. The molecule has 0 bridgehead atoms. The second kappa shape index (κ2) is 6.95. The Labute approximate surface area is 127 Å². The lowest BCUT2D eigenvalue weighted by Gasteiger charge is -2.12. The van der Waals surface area contributed by atoms with Crippen molar-refractivity contribution in [1.82, 2.24) is 5.32 Å². The van der Waals surface area contributed by atoms with Gasteiger partial charge in [-0.15, -0.1) is 0 Å². The van der Waals surface area contributed by atoms with Gasteiger partial charge in [0.05, 0.1) is 6.10 Å². The second-order valence-electron chi connectivity index (χ2n) is 4.91. The van der Waals surface area contributed by atoms with E-state index in [1.165, 1.54) is 31.2 Å². The quantitative estimate of drug-likeness (QED) is 0.834. The first-order chi connectivity index (χ1) is 10.5. The minimum Gasteiger partial charge on any atom is -0.387 e. The van der Waals surface area contributed by atoms with Crippen molar-refractivity contribution in [2.75, 3.05) is 6.54 Å². The summed E-state index contributed by atoms with van der Waals surface area (Å²) in [5, 5.41) is 12.5. The first kappa shape index (κ1) is 15.9. The van der Waals surface area contributed by atoms with E-state index in [0.29, 0.717) is 16.7 Å². The highest BCUT2D eigenvalue weighted by atomic mass is 19.1. The largest absolute Gasteiger partial charge is 0.387 e. The number of ketones is 1. The van der Waals surface area contributed by atoms with Gasteiger partial charge in [0, 0.05) is 17.7 Å². The summed E-state index contributed by atoms with van der Waals surface area (Å²) in [6, 6.07) is 11.7. The highest BCUT2D eigenvalue weighted by Crippen LogP contribution is 2.13. The third-order valence-corrected chi connectivity index (χ3v) is 3.26. The van der Waals surface area contributed by atoms with Gasteiger partial charge in [0.15, 0.2) is 5.78 Å². The summed E-state index contributed by atoms with van der Waals surface area (Å²) in [6.07, 6.45) is -0.916.